The molecule has 0 bridgehead atoms. The van der Waals surface area contributed by atoms with Gasteiger partial charge in [0.15, 0.2) is 0 Å². The molecule has 0 aliphatic carbocycles. The van der Waals surface area contributed by atoms with E-state index >= 15 is 4.39 Å². The number of aliphatic hydroxyl groups excluding tert-OH is 2. The molecular weight excluding hydrogens is 593 g/mol. The number of aromatic nitrogens is 5. The van der Waals surface area contributed by atoms with Gasteiger partial charge in [-0.2, -0.15) is 14.9 Å². The number of carbonyl (C=O) groups excluding carboxylic acids is 1. The molecule has 3 aromatic heterocycles. The van der Waals surface area contributed by atoms with Crippen LogP contribution in [0.4, 0.5) is 15.9 Å². The number of rotatable bonds is 8. The SMILES string of the molecule is CN(CCO)C(=O)c1ccc(Nc2cc(-c3cccc(-n4ncc5cc(C(C)(C)C)cc(F)c5c4=O)c3CO)nn(C)c2=O)nc1. The van der Waals surface area contributed by atoms with Gasteiger partial charge in [0.05, 0.1) is 41.7 Å². The number of pyridine rings is 1. The number of fused-ring (bicyclic) bond motifs is 1. The Hall–Kier alpha value is -5.27. The minimum absolute atomic E-state index is 0.114. The summed E-state index contributed by atoms with van der Waals surface area (Å²) in [4.78, 5) is 44.7. The summed E-state index contributed by atoms with van der Waals surface area (Å²) >= 11 is 0. The van der Waals surface area contributed by atoms with Gasteiger partial charge in [0.1, 0.15) is 17.3 Å². The number of anilines is 2. The van der Waals surface area contributed by atoms with Gasteiger partial charge in [0.2, 0.25) is 0 Å². The number of aliphatic hydroxyl groups is 2. The standard InChI is InChI=1S/C33H34FN7O5/c1-33(2,3)21-13-20-17-36-41(32(46)29(20)24(34)14-21)27-8-6-7-22(23(27)18-43)25-15-26(31(45)40(5)38-25)37-28-10-9-19(16-35-28)30(44)39(4)11-12-42/h6-10,13-17,42-43H,11-12,18H2,1-5H3,(H,35,37). The normalized spacial score (nSPS) is 11.6. The maximum Gasteiger partial charge on any atom is 0.290 e. The number of nitrogens with one attached hydrogen (secondary N) is 1. The average Bonchev–Trinajstić information content (AvgIpc) is 3.02. The number of likely N-dealkylation sites (N-methyl/N-ethyl adjacent to an activating group) is 1. The molecule has 1 amide bonds. The number of amides is 1. The molecule has 3 heterocycles. The van der Waals surface area contributed by atoms with Gasteiger partial charge < -0.3 is 20.4 Å². The Bertz CT molecular complexity index is 2070. The van der Waals surface area contributed by atoms with Crippen molar-refractivity contribution >= 4 is 28.2 Å². The number of nitrogens with zero attached hydrogens (tertiary/aromatic N) is 6. The first kappa shape index (κ1) is 32.1. The van der Waals surface area contributed by atoms with E-state index in [1.54, 1.807) is 43.4 Å². The summed E-state index contributed by atoms with van der Waals surface area (Å²) in [5, 5.41) is 31.5. The predicted molar refractivity (Wildman–Crippen MR) is 172 cm³/mol. The second-order valence-electron chi connectivity index (χ2n) is 11.9. The van der Waals surface area contributed by atoms with Crippen LogP contribution in [0.5, 0.6) is 0 Å². The minimum Gasteiger partial charge on any atom is -0.395 e. The van der Waals surface area contributed by atoms with E-state index in [1.807, 2.05) is 20.8 Å². The van der Waals surface area contributed by atoms with Crippen LogP contribution in [0, 0.1) is 5.82 Å². The third-order valence-electron chi connectivity index (χ3n) is 7.64. The fourth-order valence-electron chi connectivity index (χ4n) is 5.05. The van der Waals surface area contributed by atoms with Gasteiger partial charge in [0, 0.05) is 43.4 Å². The highest BCUT2D eigenvalue weighted by molar-refractivity contribution is 5.94. The van der Waals surface area contributed by atoms with E-state index in [1.165, 1.54) is 36.5 Å². The zero-order valence-corrected chi connectivity index (χ0v) is 26.1. The maximum absolute atomic E-state index is 15.3. The Morgan fingerprint density at radius 1 is 1.04 bits per heavy atom. The van der Waals surface area contributed by atoms with Crippen LogP contribution in [-0.4, -0.2) is 65.8 Å². The highest BCUT2D eigenvalue weighted by Crippen LogP contribution is 2.30. The number of carbonyl (C=O) groups is 1. The topological polar surface area (TPSA) is 155 Å². The van der Waals surface area contributed by atoms with Crippen LogP contribution < -0.4 is 16.4 Å². The molecule has 0 fully saturated rings. The number of halogens is 1. The van der Waals surface area contributed by atoms with Crippen LogP contribution in [0.15, 0.2) is 70.5 Å². The van der Waals surface area contributed by atoms with Crippen molar-refractivity contribution in [3.63, 3.8) is 0 Å². The van der Waals surface area contributed by atoms with Gasteiger partial charge in [0.25, 0.3) is 17.0 Å². The summed E-state index contributed by atoms with van der Waals surface area (Å²) < 4.78 is 17.5. The van der Waals surface area contributed by atoms with Crippen LogP contribution in [0.25, 0.3) is 27.7 Å². The van der Waals surface area contributed by atoms with E-state index in [2.05, 4.69) is 20.5 Å². The second-order valence-corrected chi connectivity index (χ2v) is 11.9. The highest BCUT2D eigenvalue weighted by Gasteiger charge is 2.21. The fraction of sp³-hybridized carbons (Fsp3) is 0.273. The van der Waals surface area contributed by atoms with Crippen LogP contribution in [-0.2, 0) is 19.1 Å². The molecule has 0 radical (unpaired) electrons. The number of hydrogen-bond acceptors (Lipinski definition) is 9. The number of benzene rings is 2. The smallest absolute Gasteiger partial charge is 0.290 e. The van der Waals surface area contributed by atoms with Crippen molar-refractivity contribution in [3.05, 3.63) is 104 Å². The molecule has 0 aliphatic heterocycles. The van der Waals surface area contributed by atoms with E-state index < -0.39 is 23.5 Å². The van der Waals surface area contributed by atoms with Crippen molar-refractivity contribution in [1.82, 2.24) is 29.4 Å². The largest absolute Gasteiger partial charge is 0.395 e. The van der Waals surface area contributed by atoms with E-state index in [0.717, 1.165) is 14.9 Å². The van der Waals surface area contributed by atoms with Gasteiger partial charge in [-0.3, -0.25) is 14.4 Å². The zero-order valence-electron chi connectivity index (χ0n) is 26.1. The number of aryl methyl sites for hydroxylation is 1. The van der Waals surface area contributed by atoms with Crippen molar-refractivity contribution in [2.45, 2.75) is 32.8 Å². The Balaban J connectivity index is 1.54. The van der Waals surface area contributed by atoms with Crippen molar-refractivity contribution in [3.8, 4) is 16.9 Å². The monoisotopic (exact) mass is 627 g/mol. The molecule has 0 unspecified atom stereocenters. The lowest BCUT2D eigenvalue weighted by Crippen LogP contribution is -2.29. The summed E-state index contributed by atoms with van der Waals surface area (Å²) in [5.41, 5.74) is 0.878. The van der Waals surface area contributed by atoms with Crippen molar-refractivity contribution in [2.75, 3.05) is 25.5 Å². The zero-order chi connectivity index (χ0) is 33.3. The molecular formula is C33H34FN7O5. The van der Waals surface area contributed by atoms with Crippen LogP contribution in [0.3, 0.4) is 0 Å². The quantitative estimate of drug-likeness (QED) is 0.235. The van der Waals surface area contributed by atoms with E-state index in [4.69, 9.17) is 5.11 Å². The third kappa shape index (κ3) is 6.14. The van der Waals surface area contributed by atoms with E-state index in [9.17, 15) is 19.5 Å². The molecule has 0 saturated carbocycles. The Morgan fingerprint density at radius 2 is 1.80 bits per heavy atom. The summed E-state index contributed by atoms with van der Waals surface area (Å²) in [6.45, 7) is 5.34. The number of hydrogen-bond donors (Lipinski definition) is 3. The predicted octanol–water partition coefficient (Wildman–Crippen LogP) is 3.28. The summed E-state index contributed by atoms with van der Waals surface area (Å²) in [7, 11) is 3.03. The molecule has 0 aliphatic rings. The highest BCUT2D eigenvalue weighted by atomic mass is 19.1. The molecule has 5 aromatic rings. The van der Waals surface area contributed by atoms with Gasteiger partial charge in [-0.1, -0.05) is 32.9 Å². The minimum atomic E-state index is -0.686. The Morgan fingerprint density at radius 3 is 2.46 bits per heavy atom. The van der Waals surface area contributed by atoms with Gasteiger partial charge in [-0.15, -0.1) is 0 Å². The molecule has 13 heteroatoms. The first-order valence-corrected chi connectivity index (χ1v) is 14.5. The second kappa shape index (κ2) is 12.6. The summed E-state index contributed by atoms with van der Waals surface area (Å²) in [5.74, 6) is -0.691. The summed E-state index contributed by atoms with van der Waals surface area (Å²) in [6.07, 6.45) is 2.78. The van der Waals surface area contributed by atoms with Crippen LogP contribution in [0.2, 0.25) is 0 Å². The first-order valence-electron chi connectivity index (χ1n) is 14.5. The van der Waals surface area contributed by atoms with Gasteiger partial charge >= 0.3 is 0 Å². The molecule has 3 N–H and O–H groups in total. The van der Waals surface area contributed by atoms with E-state index in [-0.39, 0.29) is 52.6 Å². The van der Waals surface area contributed by atoms with Crippen molar-refractivity contribution in [1.29, 1.82) is 0 Å². The average molecular weight is 628 g/mol. The molecule has 5 rings (SSSR count). The first-order chi connectivity index (χ1) is 21.8. The van der Waals surface area contributed by atoms with Crippen molar-refractivity contribution < 1.29 is 19.4 Å². The van der Waals surface area contributed by atoms with Crippen LogP contribution >= 0.6 is 0 Å². The molecule has 0 spiro atoms. The molecule has 0 atom stereocenters. The molecule has 0 saturated heterocycles. The molecule has 2 aromatic carbocycles. The Labute approximate surface area is 263 Å². The lowest BCUT2D eigenvalue weighted by atomic mass is 9.86. The summed E-state index contributed by atoms with van der Waals surface area (Å²) in [6, 6.07) is 12.6. The Kier molecular flexibility index (Phi) is 8.81. The van der Waals surface area contributed by atoms with Gasteiger partial charge in [-0.25, -0.2) is 14.1 Å². The van der Waals surface area contributed by atoms with E-state index in [0.29, 0.717) is 22.2 Å². The molecule has 12 nitrogen and oxygen atoms in total. The fourth-order valence-corrected chi connectivity index (χ4v) is 5.05. The maximum atomic E-state index is 15.3. The van der Waals surface area contributed by atoms with Crippen molar-refractivity contribution in [2.24, 2.45) is 7.05 Å². The molecule has 46 heavy (non-hydrogen) atoms. The van der Waals surface area contributed by atoms with Crippen LogP contribution in [0.1, 0.15) is 42.3 Å². The third-order valence-corrected chi connectivity index (χ3v) is 7.64. The van der Waals surface area contributed by atoms with Gasteiger partial charge in [-0.05, 0) is 47.4 Å². The molecule has 238 valence electrons. The lowest BCUT2D eigenvalue weighted by molar-refractivity contribution is 0.0766. The lowest BCUT2D eigenvalue weighted by Gasteiger charge is -2.20.